The standard InChI is InChI=1S/C15H21NO2/c1-11-3-5-12(6-4-11)13-9-14(10-13)16-8-7-15(17)18-2/h3-6,13-14,16H,7-10H2,1-2H3. The average molecular weight is 247 g/mol. The summed E-state index contributed by atoms with van der Waals surface area (Å²) in [6.07, 6.45) is 2.80. The van der Waals surface area contributed by atoms with Crippen LogP contribution >= 0.6 is 0 Å². The van der Waals surface area contributed by atoms with E-state index in [1.165, 1.54) is 31.1 Å². The van der Waals surface area contributed by atoms with E-state index in [-0.39, 0.29) is 5.97 Å². The molecule has 1 saturated carbocycles. The van der Waals surface area contributed by atoms with Crippen LogP contribution in [0.4, 0.5) is 0 Å². The van der Waals surface area contributed by atoms with Gasteiger partial charge in [-0.25, -0.2) is 0 Å². The molecule has 0 aliphatic heterocycles. The van der Waals surface area contributed by atoms with E-state index in [9.17, 15) is 4.79 Å². The third-order valence-electron chi connectivity index (χ3n) is 3.68. The Balaban J connectivity index is 1.67. The molecule has 0 aromatic heterocycles. The van der Waals surface area contributed by atoms with Gasteiger partial charge in [0.05, 0.1) is 13.5 Å². The third kappa shape index (κ3) is 3.33. The predicted molar refractivity (Wildman–Crippen MR) is 71.6 cm³/mol. The highest BCUT2D eigenvalue weighted by Crippen LogP contribution is 2.36. The number of hydrogen-bond acceptors (Lipinski definition) is 3. The normalized spacial score (nSPS) is 22.3. The highest BCUT2D eigenvalue weighted by Gasteiger charge is 2.29. The average Bonchev–Trinajstić information content (AvgIpc) is 2.33. The molecule has 3 heteroatoms. The number of aryl methyl sites for hydroxylation is 1. The molecule has 1 N–H and O–H groups in total. The smallest absolute Gasteiger partial charge is 0.306 e. The Kier molecular flexibility index (Phi) is 4.37. The number of benzene rings is 1. The number of carbonyl (C=O) groups is 1. The van der Waals surface area contributed by atoms with Gasteiger partial charge in [0.2, 0.25) is 0 Å². The van der Waals surface area contributed by atoms with Gasteiger partial charge in [-0.2, -0.15) is 0 Å². The van der Waals surface area contributed by atoms with Gasteiger partial charge in [-0.3, -0.25) is 4.79 Å². The van der Waals surface area contributed by atoms with Crippen LogP contribution in [0.5, 0.6) is 0 Å². The lowest BCUT2D eigenvalue weighted by Gasteiger charge is -2.36. The topological polar surface area (TPSA) is 38.3 Å². The van der Waals surface area contributed by atoms with Crippen molar-refractivity contribution in [1.29, 1.82) is 0 Å². The zero-order valence-electron chi connectivity index (χ0n) is 11.1. The van der Waals surface area contributed by atoms with Crippen LogP contribution in [0.1, 0.15) is 36.3 Å². The van der Waals surface area contributed by atoms with Crippen molar-refractivity contribution in [3.63, 3.8) is 0 Å². The Morgan fingerprint density at radius 2 is 2.00 bits per heavy atom. The number of hydrogen-bond donors (Lipinski definition) is 1. The summed E-state index contributed by atoms with van der Waals surface area (Å²) in [7, 11) is 1.43. The highest BCUT2D eigenvalue weighted by atomic mass is 16.5. The fourth-order valence-corrected chi connectivity index (χ4v) is 2.38. The van der Waals surface area contributed by atoms with Crippen molar-refractivity contribution in [2.75, 3.05) is 13.7 Å². The molecule has 0 heterocycles. The third-order valence-corrected chi connectivity index (χ3v) is 3.68. The fourth-order valence-electron chi connectivity index (χ4n) is 2.38. The number of nitrogens with one attached hydrogen (secondary N) is 1. The Morgan fingerprint density at radius 1 is 1.33 bits per heavy atom. The van der Waals surface area contributed by atoms with Crippen LogP contribution in [0.15, 0.2) is 24.3 Å². The van der Waals surface area contributed by atoms with E-state index in [2.05, 4.69) is 41.2 Å². The van der Waals surface area contributed by atoms with Crippen LogP contribution < -0.4 is 5.32 Å². The molecular formula is C15H21NO2. The van der Waals surface area contributed by atoms with Crippen molar-refractivity contribution in [2.24, 2.45) is 0 Å². The van der Waals surface area contributed by atoms with Crippen molar-refractivity contribution in [2.45, 2.75) is 38.1 Å². The van der Waals surface area contributed by atoms with Crippen molar-refractivity contribution < 1.29 is 9.53 Å². The molecule has 0 unspecified atom stereocenters. The molecule has 2 rings (SSSR count). The van der Waals surface area contributed by atoms with Gasteiger partial charge in [0, 0.05) is 12.6 Å². The maximum Gasteiger partial charge on any atom is 0.306 e. The summed E-state index contributed by atoms with van der Waals surface area (Å²) in [5, 5.41) is 3.39. The first-order chi connectivity index (χ1) is 8.69. The van der Waals surface area contributed by atoms with Gasteiger partial charge < -0.3 is 10.1 Å². The second-order valence-electron chi connectivity index (χ2n) is 5.06. The summed E-state index contributed by atoms with van der Waals surface area (Å²) in [5.41, 5.74) is 2.75. The molecule has 0 amide bonds. The maximum atomic E-state index is 11.0. The van der Waals surface area contributed by atoms with Crippen LogP contribution in [0.3, 0.4) is 0 Å². The molecule has 98 valence electrons. The summed E-state index contributed by atoms with van der Waals surface area (Å²) >= 11 is 0. The molecule has 0 radical (unpaired) electrons. The summed E-state index contributed by atoms with van der Waals surface area (Å²) in [4.78, 5) is 11.0. The number of esters is 1. The van der Waals surface area contributed by atoms with Crippen molar-refractivity contribution in [3.8, 4) is 0 Å². The lowest BCUT2D eigenvalue weighted by atomic mass is 9.76. The number of rotatable bonds is 5. The minimum Gasteiger partial charge on any atom is -0.469 e. The van der Waals surface area contributed by atoms with Crippen molar-refractivity contribution in [3.05, 3.63) is 35.4 Å². The SMILES string of the molecule is COC(=O)CCNC1CC(c2ccc(C)cc2)C1. The lowest BCUT2D eigenvalue weighted by Crippen LogP contribution is -2.41. The Labute approximate surface area is 109 Å². The Morgan fingerprint density at radius 3 is 2.61 bits per heavy atom. The van der Waals surface area contributed by atoms with E-state index in [1.807, 2.05) is 0 Å². The van der Waals surface area contributed by atoms with Crippen LogP contribution in [0, 0.1) is 6.92 Å². The second-order valence-corrected chi connectivity index (χ2v) is 5.06. The van der Waals surface area contributed by atoms with Crippen molar-refractivity contribution in [1.82, 2.24) is 5.32 Å². The summed E-state index contributed by atoms with van der Waals surface area (Å²) in [6, 6.07) is 9.36. The summed E-state index contributed by atoms with van der Waals surface area (Å²) in [5.74, 6) is 0.540. The van der Waals surface area contributed by atoms with Gasteiger partial charge >= 0.3 is 5.97 Å². The molecule has 1 aromatic carbocycles. The number of ether oxygens (including phenoxy) is 1. The monoisotopic (exact) mass is 247 g/mol. The highest BCUT2D eigenvalue weighted by molar-refractivity contribution is 5.69. The molecule has 0 saturated heterocycles. The van der Waals surface area contributed by atoms with Crippen LogP contribution in [0.25, 0.3) is 0 Å². The molecule has 1 fully saturated rings. The largest absolute Gasteiger partial charge is 0.469 e. The van der Waals surface area contributed by atoms with Gasteiger partial charge in [0.15, 0.2) is 0 Å². The molecular weight excluding hydrogens is 226 g/mol. The molecule has 1 aliphatic carbocycles. The molecule has 3 nitrogen and oxygen atoms in total. The predicted octanol–water partition coefficient (Wildman–Crippen LogP) is 2.39. The van der Waals surface area contributed by atoms with Crippen LogP contribution in [0.2, 0.25) is 0 Å². The molecule has 1 aliphatic rings. The Bertz CT molecular complexity index is 393. The molecule has 18 heavy (non-hydrogen) atoms. The number of methoxy groups -OCH3 is 1. The van der Waals surface area contributed by atoms with Gasteiger partial charge in [0.1, 0.15) is 0 Å². The first-order valence-electron chi connectivity index (χ1n) is 6.56. The van der Waals surface area contributed by atoms with E-state index >= 15 is 0 Å². The second kappa shape index (κ2) is 6.01. The van der Waals surface area contributed by atoms with E-state index < -0.39 is 0 Å². The maximum absolute atomic E-state index is 11.0. The first kappa shape index (κ1) is 13.1. The van der Waals surface area contributed by atoms with E-state index in [0.29, 0.717) is 18.4 Å². The van der Waals surface area contributed by atoms with Gasteiger partial charge in [-0.15, -0.1) is 0 Å². The van der Waals surface area contributed by atoms with Gasteiger partial charge in [0.25, 0.3) is 0 Å². The molecule has 0 atom stereocenters. The Hall–Kier alpha value is -1.35. The lowest BCUT2D eigenvalue weighted by molar-refractivity contribution is -0.140. The van der Waals surface area contributed by atoms with Crippen LogP contribution in [-0.2, 0) is 9.53 Å². The molecule has 0 spiro atoms. The quantitative estimate of drug-likeness (QED) is 0.812. The van der Waals surface area contributed by atoms with E-state index in [0.717, 1.165) is 6.54 Å². The zero-order chi connectivity index (χ0) is 13.0. The van der Waals surface area contributed by atoms with Gasteiger partial charge in [-0.05, 0) is 31.2 Å². The zero-order valence-corrected chi connectivity index (χ0v) is 11.1. The van der Waals surface area contributed by atoms with E-state index in [4.69, 9.17) is 0 Å². The fraction of sp³-hybridized carbons (Fsp3) is 0.533. The summed E-state index contributed by atoms with van der Waals surface area (Å²) < 4.78 is 4.61. The number of carbonyl (C=O) groups excluding carboxylic acids is 1. The first-order valence-corrected chi connectivity index (χ1v) is 6.56. The minimum absolute atomic E-state index is 0.142. The molecule has 0 bridgehead atoms. The summed E-state index contributed by atoms with van der Waals surface area (Å²) in [6.45, 7) is 2.83. The van der Waals surface area contributed by atoms with Crippen LogP contribution in [-0.4, -0.2) is 25.7 Å². The minimum atomic E-state index is -0.142. The van der Waals surface area contributed by atoms with Gasteiger partial charge in [-0.1, -0.05) is 29.8 Å². The molecule has 1 aromatic rings. The van der Waals surface area contributed by atoms with Crippen molar-refractivity contribution >= 4 is 5.97 Å². The van der Waals surface area contributed by atoms with E-state index in [1.54, 1.807) is 0 Å².